The van der Waals surface area contributed by atoms with Crippen LogP contribution in [0, 0.1) is 0 Å². The van der Waals surface area contributed by atoms with Crippen molar-refractivity contribution >= 4 is 11.6 Å². The van der Waals surface area contributed by atoms with Gasteiger partial charge in [0.25, 0.3) is 0 Å². The summed E-state index contributed by atoms with van der Waals surface area (Å²) in [4.78, 5) is 13.8. The van der Waals surface area contributed by atoms with Crippen molar-refractivity contribution in [2.45, 2.75) is 19.6 Å². The molecule has 0 aliphatic carbocycles. The Morgan fingerprint density at radius 2 is 2.05 bits per heavy atom. The fourth-order valence-electron chi connectivity index (χ4n) is 2.51. The van der Waals surface area contributed by atoms with Gasteiger partial charge in [0, 0.05) is 43.0 Å². The molecule has 0 spiro atoms. The number of hydrogen-bond acceptors (Lipinski definition) is 3. The predicted molar refractivity (Wildman–Crippen MR) is 77.9 cm³/mol. The zero-order valence-corrected chi connectivity index (χ0v) is 11.7. The van der Waals surface area contributed by atoms with Gasteiger partial charge >= 0.3 is 0 Å². The minimum atomic E-state index is -0.323. The van der Waals surface area contributed by atoms with Crippen LogP contribution in [0.5, 0.6) is 5.75 Å². The predicted octanol–water partition coefficient (Wildman–Crippen LogP) is 2.22. The highest BCUT2D eigenvalue weighted by atomic mass is 35.5. The van der Waals surface area contributed by atoms with Gasteiger partial charge in [0.15, 0.2) is 5.75 Å². The Morgan fingerprint density at radius 3 is 2.85 bits per heavy atom. The number of pyridine rings is 1. The third kappa shape index (κ3) is 2.57. The van der Waals surface area contributed by atoms with E-state index in [4.69, 9.17) is 11.6 Å². The number of nitrogens with zero attached hydrogens (tertiary/aromatic N) is 2. The summed E-state index contributed by atoms with van der Waals surface area (Å²) in [6.07, 6.45) is 1.52. The first-order valence-corrected chi connectivity index (χ1v) is 6.89. The van der Waals surface area contributed by atoms with E-state index in [1.165, 1.54) is 12.3 Å². The SMILES string of the molecule is O=c1cc2n(cc1O)CCN(Cc1ccccc1Cl)C2. The summed E-state index contributed by atoms with van der Waals surface area (Å²) in [5.74, 6) is -0.187. The van der Waals surface area contributed by atoms with Crippen LogP contribution in [-0.2, 0) is 19.6 Å². The quantitative estimate of drug-likeness (QED) is 0.922. The molecule has 1 aromatic carbocycles. The molecule has 3 rings (SSSR count). The molecule has 0 saturated heterocycles. The monoisotopic (exact) mass is 290 g/mol. The van der Waals surface area contributed by atoms with Crippen molar-refractivity contribution in [3.8, 4) is 5.75 Å². The summed E-state index contributed by atoms with van der Waals surface area (Å²) >= 11 is 6.17. The molecule has 20 heavy (non-hydrogen) atoms. The maximum absolute atomic E-state index is 11.5. The van der Waals surface area contributed by atoms with Gasteiger partial charge in [-0.05, 0) is 11.6 Å². The molecule has 1 N–H and O–H groups in total. The molecule has 2 aromatic rings. The molecular formula is C15H15ClN2O2. The summed E-state index contributed by atoms with van der Waals surface area (Å²) in [6, 6.07) is 9.30. The van der Waals surface area contributed by atoms with Crippen LogP contribution in [0.4, 0.5) is 0 Å². The molecular weight excluding hydrogens is 276 g/mol. The van der Waals surface area contributed by atoms with Crippen LogP contribution in [0.1, 0.15) is 11.3 Å². The van der Waals surface area contributed by atoms with E-state index in [9.17, 15) is 9.90 Å². The van der Waals surface area contributed by atoms with Crippen LogP contribution < -0.4 is 5.43 Å². The van der Waals surface area contributed by atoms with Crippen molar-refractivity contribution in [3.63, 3.8) is 0 Å². The Bertz CT molecular complexity index is 697. The average molecular weight is 291 g/mol. The lowest BCUT2D eigenvalue weighted by Crippen LogP contribution is -2.34. The highest BCUT2D eigenvalue weighted by Crippen LogP contribution is 2.20. The third-order valence-electron chi connectivity index (χ3n) is 3.59. The third-order valence-corrected chi connectivity index (χ3v) is 3.96. The highest BCUT2D eigenvalue weighted by Gasteiger charge is 2.17. The van der Waals surface area contributed by atoms with Gasteiger partial charge in [-0.15, -0.1) is 0 Å². The van der Waals surface area contributed by atoms with Crippen molar-refractivity contribution in [1.29, 1.82) is 0 Å². The Hall–Kier alpha value is -1.78. The van der Waals surface area contributed by atoms with Gasteiger partial charge in [0.1, 0.15) is 0 Å². The molecule has 0 unspecified atom stereocenters. The van der Waals surface area contributed by atoms with E-state index >= 15 is 0 Å². The molecule has 1 aromatic heterocycles. The molecule has 0 bridgehead atoms. The number of rotatable bonds is 2. The minimum absolute atomic E-state index is 0.187. The molecule has 104 valence electrons. The largest absolute Gasteiger partial charge is 0.503 e. The lowest BCUT2D eigenvalue weighted by atomic mass is 10.1. The van der Waals surface area contributed by atoms with Gasteiger partial charge in [-0.1, -0.05) is 29.8 Å². The normalized spacial score (nSPS) is 15.1. The van der Waals surface area contributed by atoms with Crippen molar-refractivity contribution in [1.82, 2.24) is 9.47 Å². The molecule has 0 amide bonds. The Labute approximate surface area is 121 Å². The molecule has 1 aliphatic heterocycles. The first-order chi connectivity index (χ1) is 9.63. The summed E-state index contributed by atoms with van der Waals surface area (Å²) in [5.41, 5.74) is 1.69. The van der Waals surface area contributed by atoms with Gasteiger partial charge in [-0.25, -0.2) is 0 Å². The first-order valence-electron chi connectivity index (χ1n) is 6.51. The Kier molecular flexibility index (Phi) is 3.51. The van der Waals surface area contributed by atoms with Gasteiger partial charge in [-0.2, -0.15) is 0 Å². The van der Waals surface area contributed by atoms with Crippen LogP contribution in [0.2, 0.25) is 5.02 Å². The zero-order chi connectivity index (χ0) is 14.1. The standard InChI is InChI=1S/C15H15ClN2O2/c16-13-4-2-1-3-11(13)8-17-5-6-18-10-15(20)14(19)7-12(18)9-17/h1-4,7,10,20H,5-6,8-9H2. The molecule has 5 heteroatoms. The van der Waals surface area contributed by atoms with Gasteiger partial charge in [0.2, 0.25) is 5.43 Å². The topological polar surface area (TPSA) is 45.5 Å². The van der Waals surface area contributed by atoms with E-state index in [2.05, 4.69) is 4.90 Å². The smallest absolute Gasteiger partial charge is 0.223 e. The molecule has 1 aliphatic rings. The van der Waals surface area contributed by atoms with E-state index in [1.807, 2.05) is 28.8 Å². The maximum atomic E-state index is 11.5. The van der Waals surface area contributed by atoms with Gasteiger partial charge in [0.05, 0.1) is 6.20 Å². The molecule has 0 atom stereocenters. The Balaban J connectivity index is 1.81. The number of fused-ring (bicyclic) bond motifs is 1. The summed E-state index contributed by atoms with van der Waals surface area (Å²) < 4.78 is 1.93. The van der Waals surface area contributed by atoms with Crippen LogP contribution >= 0.6 is 11.6 Å². The fraction of sp³-hybridized carbons (Fsp3) is 0.267. The molecule has 0 fully saturated rings. The second-order valence-electron chi connectivity index (χ2n) is 5.01. The average Bonchev–Trinajstić information content (AvgIpc) is 2.43. The second kappa shape index (κ2) is 5.31. The van der Waals surface area contributed by atoms with Crippen LogP contribution in [0.3, 0.4) is 0 Å². The Morgan fingerprint density at radius 1 is 1.25 bits per heavy atom. The number of hydrogen-bond donors (Lipinski definition) is 1. The first kappa shape index (κ1) is 13.2. The number of benzene rings is 1. The minimum Gasteiger partial charge on any atom is -0.503 e. The van der Waals surface area contributed by atoms with E-state index in [-0.39, 0.29) is 11.2 Å². The van der Waals surface area contributed by atoms with Crippen molar-refractivity contribution in [3.05, 3.63) is 63.0 Å². The zero-order valence-electron chi connectivity index (χ0n) is 10.9. The van der Waals surface area contributed by atoms with E-state index in [0.29, 0.717) is 6.54 Å². The molecule has 0 radical (unpaired) electrons. The second-order valence-corrected chi connectivity index (χ2v) is 5.42. The summed E-state index contributed by atoms with van der Waals surface area (Å²) in [6.45, 7) is 3.06. The van der Waals surface area contributed by atoms with Crippen LogP contribution in [0.15, 0.2) is 41.3 Å². The van der Waals surface area contributed by atoms with E-state index in [1.54, 1.807) is 0 Å². The van der Waals surface area contributed by atoms with Crippen molar-refractivity contribution in [2.24, 2.45) is 0 Å². The van der Waals surface area contributed by atoms with Crippen molar-refractivity contribution in [2.75, 3.05) is 6.54 Å². The molecule has 4 nitrogen and oxygen atoms in total. The highest BCUT2D eigenvalue weighted by molar-refractivity contribution is 6.31. The van der Waals surface area contributed by atoms with Crippen LogP contribution in [0.25, 0.3) is 0 Å². The van der Waals surface area contributed by atoms with Gasteiger partial charge < -0.3 is 9.67 Å². The fourth-order valence-corrected chi connectivity index (χ4v) is 2.70. The van der Waals surface area contributed by atoms with Crippen LogP contribution in [-0.4, -0.2) is 21.1 Å². The number of aromatic hydroxyl groups is 1. The molecule has 2 heterocycles. The van der Waals surface area contributed by atoms with Gasteiger partial charge in [-0.3, -0.25) is 9.69 Å². The van der Waals surface area contributed by atoms with Crippen molar-refractivity contribution < 1.29 is 5.11 Å². The summed E-state index contributed by atoms with van der Waals surface area (Å²) in [5, 5.41) is 10.2. The maximum Gasteiger partial charge on any atom is 0.223 e. The lowest BCUT2D eigenvalue weighted by Gasteiger charge is -2.30. The van der Waals surface area contributed by atoms with E-state index < -0.39 is 0 Å². The summed E-state index contributed by atoms with van der Waals surface area (Å²) in [7, 11) is 0. The van der Waals surface area contributed by atoms with E-state index in [0.717, 1.165) is 35.9 Å². The number of halogens is 1. The molecule has 0 saturated carbocycles. The lowest BCUT2D eigenvalue weighted by molar-refractivity contribution is 0.210. The number of aromatic nitrogens is 1.